The summed E-state index contributed by atoms with van der Waals surface area (Å²) in [6, 6.07) is 12.6. The van der Waals surface area contributed by atoms with Crippen LogP contribution < -0.4 is 20.1 Å². The first-order chi connectivity index (χ1) is 14.5. The van der Waals surface area contributed by atoms with Crippen LogP contribution in [0.1, 0.15) is 24.1 Å². The number of nitrogens with one attached hydrogen (secondary N) is 2. The molecule has 0 aromatic heterocycles. The smallest absolute Gasteiger partial charge is 0.191 e. The van der Waals surface area contributed by atoms with Crippen LogP contribution in [0, 0.1) is 5.82 Å². The third-order valence-electron chi connectivity index (χ3n) is 4.80. The first kappa shape index (κ1) is 23.5. The summed E-state index contributed by atoms with van der Waals surface area (Å²) in [7, 11) is 7.34. The molecule has 0 saturated heterocycles. The SMILES string of the molecule is CCNC(=NCC(c1ccc(OC)c(OC)c1)N(C)C)NCCc1ccc(F)cc1. The maximum Gasteiger partial charge on any atom is 0.191 e. The van der Waals surface area contributed by atoms with Crippen LogP contribution in [-0.2, 0) is 6.42 Å². The molecule has 0 aliphatic heterocycles. The van der Waals surface area contributed by atoms with Gasteiger partial charge in [-0.2, -0.15) is 0 Å². The average molecular weight is 417 g/mol. The monoisotopic (exact) mass is 416 g/mol. The number of rotatable bonds is 10. The van der Waals surface area contributed by atoms with E-state index in [1.807, 2.05) is 39.2 Å². The van der Waals surface area contributed by atoms with E-state index >= 15 is 0 Å². The summed E-state index contributed by atoms with van der Waals surface area (Å²) < 4.78 is 23.8. The number of aliphatic imine (C=N–C) groups is 1. The molecule has 1 atom stereocenters. The second-order valence-electron chi connectivity index (χ2n) is 7.12. The standard InChI is InChI=1S/C23H33FN4O2/c1-6-25-23(26-14-13-17-7-10-19(24)11-8-17)27-16-20(28(2)3)18-9-12-21(29-4)22(15-18)30-5/h7-12,15,20H,6,13-14,16H2,1-5H3,(H2,25,26,27). The van der Waals surface area contributed by atoms with Crippen LogP contribution in [0.25, 0.3) is 0 Å². The van der Waals surface area contributed by atoms with E-state index in [2.05, 4.69) is 15.5 Å². The zero-order valence-corrected chi connectivity index (χ0v) is 18.5. The third-order valence-corrected chi connectivity index (χ3v) is 4.80. The molecule has 1 unspecified atom stereocenters. The molecule has 0 bridgehead atoms. The lowest BCUT2D eigenvalue weighted by Crippen LogP contribution is -2.39. The highest BCUT2D eigenvalue weighted by molar-refractivity contribution is 5.79. The number of likely N-dealkylation sites (N-methyl/N-ethyl adjacent to an activating group) is 1. The van der Waals surface area contributed by atoms with Gasteiger partial charge < -0.3 is 25.0 Å². The van der Waals surface area contributed by atoms with E-state index in [9.17, 15) is 4.39 Å². The van der Waals surface area contributed by atoms with Crippen LogP contribution in [0.4, 0.5) is 4.39 Å². The van der Waals surface area contributed by atoms with Gasteiger partial charge in [0.15, 0.2) is 17.5 Å². The number of ether oxygens (including phenoxy) is 2. The van der Waals surface area contributed by atoms with Gasteiger partial charge in [-0.25, -0.2) is 4.39 Å². The normalized spacial score (nSPS) is 12.6. The number of hydrogen-bond donors (Lipinski definition) is 2. The highest BCUT2D eigenvalue weighted by atomic mass is 19.1. The van der Waals surface area contributed by atoms with Crippen molar-refractivity contribution >= 4 is 5.96 Å². The number of halogens is 1. The molecule has 0 heterocycles. The van der Waals surface area contributed by atoms with Gasteiger partial charge in [0.1, 0.15) is 5.82 Å². The Bertz CT molecular complexity index is 809. The molecule has 0 amide bonds. The number of nitrogens with zero attached hydrogens (tertiary/aromatic N) is 2. The van der Waals surface area contributed by atoms with Crippen molar-refractivity contribution in [2.75, 3.05) is 47.9 Å². The average Bonchev–Trinajstić information content (AvgIpc) is 2.74. The molecular weight excluding hydrogens is 383 g/mol. The quantitative estimate of drug-likeness (QED) is 0.460. The predicted molar refractivity (Wildman–Crippen MR) is 120 cm³/mol. The van der Waals surface area contributed by atoms with E-state index in [-0.39, 0.29) is 11.9 Å². The largest absolute Gasteiger partial charge is 0.493 e. The van der Waals surface area contributed by atoms with Crippen molar-refractivity contribution in [1.29, 1.82) is 0 Å². The highest BCUT2D eigenvalue weighted by Gasteiger charge is 2.16. The lowest BCUT2D eigenvalue weighted by Gasteiger charge is -2.24. The molecule has 0 fully saturated rings. The van der Waals surface area contributed by atoms with Gasteiger partial charge in [-0.3, -0.25) is 4.99 Å². The molecular formula is C23H33FN4O2. The maximum atomic E-state index is 13.0. The minimum absolute atomic E-state index is 0.0809. The van der Waals surface area contributed by atoms with Crippen LogP contribution >= 0.6 is 0 Å². The van der Waals surface area contributed by atoms with Crippen molar-refractivity contribution in [2.45, 2.75) is 19.4 Å². The molecule has 6 nitrogen and oxygen atoms in total. The summed E-state index contributed by atoms with van der Waals surface area (Å²) in [6.45, 7) is 4.09. The van der Waals surface area contributed by atoms with Crippen molar-refractivity contribution in [3.63, 3.8) is 0 Å². The van der Waals surface area contributed by atoms with Crippen molar-refractivity contribution in [3.8, 4) is 11.5 Å². The second-order valence-corrected chi connectivity index (χ2v) is 7.12. The summed E-state index contributed by atoms with van der Waals surface area (Å²) in [4.78, 5) is 6.91. The fraction of sp³-hybridized carbons (Fsp3) is 0.435. The fourth-order valence-electron chi connectivity index (χ4n) is 3.12. The van der Waals surface area contributed by atoms with Gasteiger partial charge in [-0.05, 0) is 62.8 Å². The van der Waals surface area contributed by atoms with Crippen molar-refractivity contribution in [3.05, 3.63) is 59.4 Å². The van der Waals surface area contributed by atoms with Crippen molar-refractivity contribution < 1.29 is 13.9 Å². The van der Waals surface area contributed by atoms with Crippen LogP contribution in [0.3, 0.4) is 0 Å². The Balaban J connectivity index is 2.06. The van der Waals surface area contributed by atoms with Crippen LogP contribution in [-0.4, -0.2) is 58.8 Å². The molecule has 2 aromatic carbocycles. The Labute approximate surface area is 179 Å². The zero-order chi connectivity index (χ0) is 21.9. The van der Waals surface area contributed by atoms with Crippen molar-refractivity contribution in [2.24, 2.45) is 4.99 Å². The summed E-state index contributed by atoms with van der Waals surface area (Å²) in [5.74, 6) is 1.95. The Hall–Kier alpha value is -2.80. The summed E-state index contributed by atoms with van der Waals surface area (Å²) >= 11 is 0. The van der Waals surface area contributed by atoms with Gasteiger partial charge in [0.05, 0.1) is 26.8 Å². The zero-order valence-electron chi connectivity index (χ0n) is 18.5. The number of guanidine groups is 1. The Morgan fingerprint density at radius 3 is 2.33 bits per heavy atom. The minimum Gasteiger partial charge on any atom is -0.493 e. The molecule has 0 saturated carbocycles. The van der Waals surface area contributed by atoms with Gasteiger partial charge in [0.2, 0.25) is 0 Å². The van der Waals surface area contributed by atoms with Crippen LogP contribution in [0.2, 0.25) is 0 Å². The molecule has 30 heavy (non-hydrogen) atoms. The second kappa shape index (κ2) is 12.0. The topological polar surface area (TPSA) is 58.1 Å². The number of methoxy groups -OCH3 is 2. The first-order valence-corrected chi connectivity index (χ1v) is 10.1. The van der Waals surface area contributed by atoms with Crippen molar-refractivity contribution in [1.82, 2.24) is 15.5 Å². The molecule has 0 radical (unpaired) electrons. The molecule has 0 aliphatic rings. The summed E-state index contributed by atoms with van der Waals surface area (Å²) in [5.41, 5.74) is 2.18. The fourth-order valence-corrected chi connectivity index (χ4v) is 3.12. The van der Waals surface area contributed by atoms with E-state index in [1.54, 1.807) is 26.4 Å². The lowest BCUT2D eigenvalue weighted by molar-refractivity contribution is 0.303. The molecule has 164 valence electrons. The van der Waals surface area contributed by atoms with Gasteiger partial charge >= 0.3 is 0 Å². The van der Waals surface area contributed by atoms with Crippen LogP contribution in [0.5, 0.6) is 11.5 Å². The van der Waals surface area contributed by atoms with Gasteiger partial charge in [-0.1, -0.05) is 18.2 Å². The third kappa shape index (κ3) is 6.91. The molecule has 2 aromatic rings. The number of benzene rings is 2. The molecule has 0 spiro atoms. The molecule has 2 N–H and O–H groups in total. The van der Waals surface area contributed by atoms with E-state index in [4.69, 9.17) is 14.5 Å². The minimum atomic E-state index is -0.216. The molecule has 0 aliphatic carbocycles. The van der Waals surface area contributed by atoms with Gasteiger partial charge in [0.25, 0.3) is 0 Å². The van der Waals surface area contributed by atoms with E-state index < -0.39 is 0 Å². The highest BCUT2D eigenvalue weighted by Crippen LogP contribution is 2.31. The molecule has 7 heteroatoms. The van der Waals surface area contributed by atoms with Gasteiger partial charge in [0, 0.05) is 13.1 Å². The number of hydrogen-bond acceptors (Lipinski definition) is 4. The lowest BCUT2D eigenvalue weighted by atomic mass is 10.1. The maximum absolute atomic E-state index is 13.0. The Morgan fingerprint density at radius 1 is 1.03 bits per heavy atom. The summed E-state index contributed by atoms with van der Waals surface area (Å²) in [6.07, 6.45) is 0.789. The first-order valence-electron chi connectivity index (χ1n) is 10.1. The van der Waals surface area contributed by atoms with Crippen LogP contribution in [0.15, 0.2) is 47.5 Å². The van der Waals surface area contributed by atoms with E-state index in [1.165, 1.54) is 12.1 Å². The summed E-state index contributed by atoms with van der Waals surface area (Å²) in [5, 5.41) is 6.63. The van der Waals surface area contributed by atoms with Gasteiger partial charge in [-0.15, -0.1) is 0 Å². The predicted octanol–water partition coefficient (Wildman–Crippen LogP) is 3.24. The Morgan fingerprint density at radius 2 is 1.73 bits per heavy atom. The Kier molecular flexibility index (Phi) is 9.41. The van der Waals surface area contributed by atoms with E-state index in [0.717, 1.165) is 30.1 Å². The van der Waals surface area contributed by atoms with E-state index in [0.29, 0.717) is 24.6 Å². The molecule has 2 rings (SSSR count).